The fourth-order valence-electron chi connectivity index (χ4n) is 1.05. The molecule has 14 heavy (non-hydrogen) atoms. The van der Waals surface area contributed by atoms with Crippen molar-refractivity contribution in [2.75, 3.05) is 5.32 Å². The molecule has 0 amide bonds. The second-order valence-electron chi connectivity index (χ2n) is 2.99. The predicted molar refractivity (Wildman–Crippen MR) is 52.1 cm³/mol. The molecule has 1 atom stereocenters. The van der Waals surface area contributed by atoms with E-state index >= 15 is 0 Å². The molecular weight excluding hydrogens is 182 g/mol. The summed E-state index contributed by atoms with van der Waals surface area (Å²) < 4.78 is 0. The van der Waals surface area contributed by atoms with Gasteiger partial charge in [-0.05, 0) is 13.3 Å². The number of aryl methyl sites for hydroxylation is 1. The third-order valence-electron chi connectivity index (χ3n) is 1.83. The van der Waals surface area contributed by atoms with Gasteiger partial charge in [0.2, 0.25) is 0 Å². The summed E-state index contributed by atoms with van der Waals surface area (Å²) in [6.07, 6.45) is 1.92. The second kappa shape index (κ2) is 4.55. The zero-order valence-electron chi connectivity index (χ0n) is 8.19. The molecule has 76 valence electrons. The third-order valence-corrected chi connectivity index (χ3v) is 1.83. The van der Waals surface area contributed by atoms with E-state index in [0.717, 1.165) is 5.69 Å². The lowest BCUT2D eigenvalue weighted by Gasteiger charge is -2.12. The molecule has 0 spiro atoms. The predicted octanol–water partition coefficient (Wildman–Crippen LogP) is 1.06. The number of anilines is 1. The lowest BCUT2D eigenvalue weighted by molar-refractivity contribution is -0.137. The Morgan fingerprint density at radius 2 is 2.36 bits per heavy atom. The largest absolute Gasteiger partial charge is 0.480 e. The molecule has 0 fully saturated rings. The minimum atomic E-state index is -0.872. The Balaban J connectivity index is 2.72. The van der Waals surface area contributed by atoms with Gasteiger partial charge >= 0.3 is 5.97 Å². The molecule has 5 nitrogen and oxygen atoms in total. The van der Waals surface area contributed by atoms with Crippen LogP contribution in [0.4, 0.5) is 5.82 Å². The van der Waals surface area contributed by atoms with Gasteiger partial charge in [-0.2, -0.15) is 0 Å². The van der Waals surface area contributed by atoms with Crippen LogP contribution in [0.5, 0.6) is 0 Å². The lowest BCUT2D eigenvalue weighted by Crippen LogP contribution is -2.28. The zero-order chi connectivity index (χ0) is 10.6. The quantitative estimate of drug-likeness (QED) is 0.751. The van der Waals surface area contributed by atoms with Crippen molar-refractivity contribution >= 4 is 11.8 Å². The molecule has 0 radical (unpaired) electrons. The number of hydrogen-bond acceptors (Lipinski definition) is 4. The Morgan fingerprint density at radius 3 is 2.86 bits per heavy atom. The van der Waals surface area contributed by atoms with Gasteiger partial charge in [-0.15, -0.1) is 0 Å². The molecule has 1 aromatic heterocycles. The van der Waals surface area contributed by atoms with Gasteiger partial charge in [0, 0.05) is 11.8 Å². The molecule has 0 aliphatic heterocycles. The fourth-order valence-corrected chi connectivity index (χ4v) is 1.05. The van der Waals surface area contributed by atoms with Crippen molar-refractivity contribution in [3.8, 4) is 0 Å². The highest BCUT2D eigenvalue weighted by molar-refractivity contribution is 5.76. The minimum Gasteiger partial charge on any atom is -0.480 e. The van der Waals surface area contributed by atoms with E-state index in [-0.39, 0.29) is 0 Å². The van der Waals surface area contributed by atoms with Crippen molar-refractivity contribution in [1.29, 1.82) is 0 Å². The van der Waals surface area contributed by atoms with Crippen LogP contribution in [0.25, 0.3) is 0 Å². The van der Waals surface area contributed by atoms with Crippen LogP contribution in [0.1, 0.15) is 19.0 Å². The number of nitrogens with zero attached hydrogens (tertiary/aromatic N) is 2. The van der Waals surface area contributed by atoms with E-state index in [1.807, 2.05) is 6.92 Å². The van der Waals surface area contributed by atoms with E-state index in [4.69, 9.17) is 5.11 Å². The standard InChI is InChI=1S/C9H13N3O2/c1-3-7(9(13)14)12-8-4-6(2)10-5-11-8/h4-5,7H,3H2,1-2H3,(H,13,14)(H,10,11,12). The number of carboxylic acids is 1. The molecule has 0 aliphatic rings. The first-order valence-electron chi connectivity index (χ1n) is 4.41. The van der Waals surface area contributed by atoms with Crippen LogP contribution in [0, 0.1) is 6.92 Å². The van der Waals surface area contributed by atoms with Crippen LogP contribution < -0.4 is 5.32 Å². The summed E-state index contributed by atoms with van der Waals surface area (Å²) in [5.41, 5.74) is 0.808. The highest BCUT2D eigenvalue weighted by Crippen LogP contribution is 2.06. The van der Waals surface area contributed by atoms with Crippen LogP contribution >= 0.6 is 0 Å². The number of nitrogens with one attached hydrogen (secondary N) is 1. The molecule has 0 saturated heterocycles. The van der Waals surface area contributed by atoms with Gasteiger partial charge in [0.05, 0.1) is 0 Å². The van der Waals surface area contributed by atoms with Gasteiger partial charge < -0.3 is 10.4 Å². The highest BCUT2D eigenvalue weighted by Gasteiger charge is 2.14. The fraction of sp³-hybridized carbons (Fsp3) is 0.444. The topological polar surface area (TPSA) is 75.1 Å². The van der Waals surface area contributed by atoms with Crippen molar-refractivity contribution < 1.29 is 9.90 Å². The van der Waals surface area contributed by atoms with Crippen LogP contribution in [0.2, 0.25) is 0 Å². The Labute approximate surface area is 82.2 Å². The summed E-state index contributed by atoms with van der Waals surface area (Å²) >= 11 is 0. The molecule has 1 rings (SSSR count). The van der Waals surface area contributed by atoms with Gasteiger partial charge in [-0.3, -0.25) is 0 Å². The summed E-state index contributed by atoms with van der Waals surface area (Å²) in [5, 5.41) is 11.6. The van der Waals surface area contributed by atoms with Gasteiger partial charge in [0.25, 0.3) is 0 Å². The molecule has 0 bridgehead atoms. The Morgan fingerprint density at radius 1 is 1.64 bits per heavy atom. The first kappa shape index (κ1) is 10.4. The average molecular weight is 195 g/mol. The van der Waals surface area contributed by atoms with Gasteiger partial charge in [0.15, 0.2) is 0 Å². The average Bonchev–Trinajstić information content (AvgIpc) is 2.14. The van der Waals surface area contributed by atoms with Crippen LogP contribution in [0.15, 0.2) is 12.4 Å². The number of carbonyl (C=O) groups is 1. The molecule has 5 heteroatoms. The first-order valence-corrected chi connectivity index (χ1v) is 4.41. The second-order valence-corrected chi connectivity index (χ2v) is 2.99. The van der Waals surface area contributed by atoms with Crippen LogP contribution in [0.3, 0.4) is 0 Å². The summed E-state index contributed by atoms with van der Waals surface area (Å²) in [5.74, 6) is -0.324. The SMILES string of the molecule is CCC(Nc1cc(C)ncn1)C(=O)O. The molecule has 1 heterocycles. The minimum absolute atomic E-state index is 0.512. The first-order chi connectivity index (χ1) is 6.63. The smallest absolute Gasteiger partial charge is 0.326 e. The molecule has 1 aromatic rings. The number of aliphatic carboxylic acids is 1. The summed E-state index contributed by atoms with van der Waals surface area (Å²) in [4.78, 5) is 18.6. The third kappa shape index (κ3) is 2.69. The normalized spacial score (nSPS) is 12.1. The summed E-state index contributed by atoms with van der Waals surface area (Å²) in [6, 6.07) is 1.12. The van der Waals surface area contributed by atoms with E-state index < -0.39 is 12.0 Å². The maximum absolute atomic E-state index is 10.7. The van der Waals surface area contributed by atoms with Crippen LogP contribution in [-0.2, 0) is 4.79 Å². The molecule has 0 saturated carbocycles. The van der Waals surface area contributed by atoms with Crippen molar-refractivity contribution in [2.45, 2.75) is 26.3 Å². The Kier molecular flexibility index (Phi) is 3.39. The molecule has 0 aromatic carbocycles. The number of carboxylic acid groups (broad SMARTS) is 1. The monoisotopic (exact) mass is 195 g/mol. The van der Waals surface area contributed by atoms with Gasteiger partial charge in [-0.25, -0.2) is 14.8 Å². The zero-order valence-corrected chi connectivity index (χ0v) is 8.19. The van der Waals surface area contributed by atoms with E-state index in [9.17, 15) is 4.79 Å². The summed E-state index contributed by atoms with van der Waals surface area (Å²) in [6.45, 7) is 3.63. The lowest BCUT2D eigenvalue weighted by atomic mass is 10.2. The molecule has 1 unspecified atom stereocenters. The summed E-state index contributed by atoms with van der Waals surface area (Å²) in [7, 11) is 0. The molecular formula is C9H13N3O2. The van der Waals surface area contributed by atoms with Gasteiger partial charge in [-0.1, -0.05) is 6.92 Å². The van der Waals surface area contributed by atoms with Crippen LogP contribution in [-0.4, -0.2) is 27.1 Å². The molecule has 2 N–H and O–H groups in total. The number of rotatable bonds is 4. The molecule has 0 aliphatic carbocycles. The van der Waals surface area contributed by atoms with Crippen molar-refractivity contribution in [1.82, 2.24) is 9.97 Å². The van der Waals surface area contributed by atoms with Crippen molar-refractivity contribution in [2.24, 2.45) is 0 Å². The Hall–Kier alpha value is -1.65. The number of aromatic nitrogens is 2. The van der Waals surface area contributed by atoms with E-state index in [0.29, 0.717) is 12.2 Å². The maximum Gasteiger partial charge on any atom is 0.326 e. The van der Waals surface area contributed by atoms with Crippen molar-refractivity contribution in [3.05, 3.63) is 18.1 Å². The van der Waals surface area contributed by atoms with E-state index in [1.165, 1.54) is 6.33 Å². The van der Waals surface area contributed by atoms with Crippen molar-refractivity contribution in [3.63, 3.8) is 0 Å². The Bertz CT molecular complexity index is 328. The highest BCUT2D eigenvalue weighted by atomic mass is 16.4. The van der Waals surface area contributed by atoms with Gasteiger partial charge in [0.1, 0.15) is 18.2 Å². The van der Waals surface area contributed by atoms with E-state index in [1.54, 1.807) is 13.0 Å². The number of hydrogen-bond donors (Lipinski definition) is 2. The van der Waals surface area contributed by atoms with E-state index in [2.05, 4.69) is 15.3 Å². The maximum atomic E-state index is 10.7.